The Kier molecular flexibility index (Phi) is 10.0. The zero-order valence-electron chi connectivity index (χ0n) is 20.1. The number of halogens is 1. The molecule has 34 heavy (non-hydrogen) atoms. The first-order valence-corrected chi connectivity index (χ1v) is 12.5. The van der Waals surface area contributed by atoms with Gasteiger partial charge in [0.1, 0.15) is 18.4 Å². The van der Waals surface area contributed by atoms with Crippen molar-refractivity contribution in [1.29, 1.82) is 0 Å². The largest absolute Gasteiger partial charge is 0.354 e. The molecule has 2 aromatic rings. The molecule has 8 nitrogen and oxygen atoms in total. The van der Waals surface area contributed by atoms with Crippen molar-refractivity contribution in [3.8, 4) is 0 Å². The van der Waals surface area contributed by atoms with Crippen LogP contribution in [-0.2, 0) is 26.3 Å². The van der Waals surface area contributed by atoms with Crippen molar-refractivity contribution >= 4 is 27.7 Å². The van der Waals surface area contributed by atoms with Crippen LogP contribution in [0.3, 0.4) is 0 Å². The monoisotopic (exact) mass is 492 g/mol. The van der Waals surface area contributed by atoms with Gasteiger partial charge < -0.3 is 10.2 Å². The molecule has 0 heterocycles. The van der Waals surface area contributed by atoms with E-state index in [1.807, 2.05) is 37.3 Å². The molecule has 0 aromatic heterocycles. The second-order valence-electron chi connectivity index (χ2n) is 8.08. The number of anilines is 1. The fourth-order valence-corrected chi connectivity index (χ4v) is 4.32. The molecule has 2 rings (SSSR count). The first-order valence-electron chi connectivity index (χ1n) is 11.1. The van der Waals surface area contributed by atoms with Gasteiger partial charge in [-0.05, 0) is 31.0 Å². The molecular formula is C24H33FN4O4S. The van der Waals surface area contributed by atoms with E-state index in [1.54, 1.807) is 6.92 Å². The number of nitrogens with one attached hydrogen (secondary N) is 1. The molecule has 0 spiro atoms. The van der Waals surface area contributed by atoms with Crippen molar-refractivity contribution < 1.29 is 22.4 Å². The van der Waals surface area contributed by atoms with Crippen LogP contribution in [0.15, 0.2) is 54.6 Å². The lowest BCUT2D eigenvalue weighted by Crippen LogP contribution is -2.52. The molecule has 10 heteroatoms. The number of carbonyl (C=O) groups is 2. The summed E-state index contributed by atoms with van der Waals surface area (Å²) in [6.45, 7) is 3.50. The fraction of sp³-hybridized carbons (Fsp3) is 0.417. The third-order valence-electron chi connectivity index (χ3n) is 5.33. The lowest BCUT2D eigenvalue weighted by molar-refractivity contribution is -0.139. The Morgan fingerprint density at radius 3 is 2.24 bits per heavy atom. The number of unbranched alkanes of at least 4 members (excludes halogenated alkanes) is 1. The maximum Gasteiger partial charge on any atom is 0.304 e. The number of para-hydroxylation sites is 1. The lowest BCUT2D eigenvalue weighted by atomic mass is 10.1. The third kappa shape index (κ3) is 7.01. The Morgan fingerprint density at radius 1 is 1.03 bits per heavy atom. The van der Waals surface area contributed by atoms with Gasteiger partial charge in [0.15, 0.2) is 0 Å². The van der Waals surface area contributed by atoms with E-state index >= 15 is 0 Å². The first kappa shape index (κ1) is 27.3. The summed E-state index contributed by atoms with van der Waals surface area (Å²) < 4.78 is 42.2. The van der Waals surface area contributed by atoms with E-state index in [9.17, 15) is 22.4 Å². The van der Waals surface area contributed by atoms with Crippen molar-refractivity contribution in [1.82, 2.24) is 14.5 Å². The summed E-state index contributed by atoms with van der Waals surface area (Å²) >= 11 is 0. The number of benzene rings is 2. The van der Waals surface area contributed by atoms with E-state index < -0.39 is 34.5 Å². The third-order valence-corrected chi connectivity index (χ3v) is 7.14. The van der Waals surface area contributed by atoms with Crippen molar-refractivity contribution in [3.63, 3.8) is 0 Å². The lowest BCUT2D eigenvalue weighted by Gasteiger charge is -2.33. The van der Waals surface area contributed by atoms with Crippen LogP contribution in [0.25, 0.3) is 0 Å². The van der Waals surface area contributed by atoms with Crippen molar-refractivity contribution in [2.24, 2.45) is 0 Å². The predicted molar refractivity (Wildman–Crippen MR) is 131 cm³/mol. The van der Waals surface area contributed by atoms with Gasteiger partial charge in [0.05, 0.1) is 5.69 Å². The van der Waals surface area contributed by atoms with Gasteiger partial charge >= 0.3 is 10.2 Å². The number of nitrogens with zero attached hydrogens (tertiary/aromatic N) is 3. The minimum Gasteiger partial charge on any atom is -0.354 e. The zero-order valence-corrected chi connectivity index (χ0v) is 20.9. The Balaban J connectivity index is 2.40. The molecular weight excluding hydrogens is 459 g/mol. The minimum absolute atomic E-state index is 0.0924. The molecule has 1 unspecified atom stereocenters. The van der Waals surface area contributed by atoms with Crippen LogP contribution >= 0.6 is 0 Å². The summed E-state index contributed by atoms with van der Waals surface area (Å²) in [4.78, 5) is 27.6. The fourth-order valence-electron chi connectivity index (χ4n) is 3.25. The SMILES string of the molecule is CCCCNC(=O)C(C)N(Cc1ccccc1)C(=O)CN(c1ccccc1F)S(=O)(=O)N(C)C. The van der Waals surface area contributed by atoms with E-state index in [0.717, 1.165) is 33.1 Å². The highest BCUT2D eigenvalue weighted by Crippen LogP contribution is 2.23. The quantitative estimate of drug-likeness (QED) is 0.462. The topological polar surface area (TPSA) is 90.0 Å². The van der Waals surface area contributed by atoms with Gasteiger partial charge in [-0.1, -0.05) is 55.8 Å². The molecule has 0 aliphatic rings. The van der Waals surface area contributed by atoms with E-state index in [0.29, 0.717) is 6.54 Å². The Bertz CT molecular complexity index is 1060. The summed E-state index contributed by atoms with van der Waals surface area (Å²) in [5, 5.41) is 2.81. The second kappa shape index (κ2) is 12.5. The van der Waals surface area contributed by atoms with E-state index in [1.165, 1.54) is 37.2 Å². The predicted octanol–water partition coefficient (Wildman–Crippen LogP) is 2.77. The molecule has 0 saturated heterocycles. The second-order valence-corrected chi connectivity index (χ2v) is 10.1. The molecule has 0 aliphatic carbocycles. The van der Waals surface area contributed by atoms with Gasteiger partial charge in [0, 0.05) is 27.2 Å². The maximum atomic E-state index is 14.6. The number of hydrogen-bond donors (Lipinski definition) is 1. The number of hydrogen-bond acceptors (Lipinski definition) is 4. The zero-order chi connectivity index (χ0) is 25.3. The summed E-state index contributed by atoms with van der Waals surface area (Å²) in [7, 11) is -1.59. The van der Waals surface area contributed by atoms with Gasteiger partial charge in [0.25, 0.3) is 0 Å². The molecule has 0 bridgehead atoms. The molecule has 0 saturated carbocycles. The van der Waals surface area contributed by atoms with Crippen LogP contribution < -0.4 is 9.62 Å². The molecule has 0 fully saturated rings. The van der Waals surface area contributed by atoms with Crippen molar-refractivity contribution in [3.05, 3.63) is 66.0 Å². The normalized spacial score (nSPS) is 12.3. The average Bonchev–Trinajstić information content (AvgIpc) is 2.81. The molecule has 1 atom stereocenters. The molecule has 2 aromatic carbocycles. The van der Waals surface area contributed by atoms with Gasteiger partial charge in [0.2, 0.25) is 11.8 Å². The van der Waals surface area contributed by atoms with E-state index in [-0.39, 0.29) is 18.1 Å². The first-order chi connectivity index (χ1) is 16.1. The number of carbonyl (C=O) groups excluding carboxylic acids is 2. The van der Waals surface area contributed by atoms with E-state index in [4.69, 9.17) is 0 Å². The number of amides is 2. The van der Waals surface area contributed by atoms with Gasteiger partial charge in [-0.2, -0.15) is 12.7 Å². The minimum atomic E-state index is -4.20. The van der Waals surface area contributed by atoms with Crippen LogP contribution in [-0.4, -0.2) is 62.7 Å². The van der Waals surface area contributed by atoms with Crippen LogP contribution in [0.5, 0.6) is 0 Å². The maximum absolute atomic E-state index is 14.6. The molecule has 186 valence electrons. The summed E-state index contributed by atoms with van der Waals surface area (Å²) in [6.07, 6.45) is 1.70. The van der Waals surface area contributed by atoms with E-state index in [2.05, 4.69) is 5.32 Å². The molecule has 2 amide bonds. The average molecular weight is 493 g/mol. The van der Waals surface area contributed by atoms with Gasteiger partial charge in [-0.3, -0.25) is 9.59 Å². The molecule has 0 aliphatic heterocycles. The Morgan fingerprint density at radius 2 is 1.65 bits per heavy atom. The van der Waals surface area contributed by atoms with Crippen molar-refractivity contribution in [2.45, 2.75) is 39.3 Å². The highest BCUT2D eigenvalue weighted by molar-refractivity contribution is 7.90. The van der Waals surface area contributed by atoms with Crippen LogP contribution in [0.1, 0.15) is 32.3 Å². The summed E-state index contributed by atoms with van der Waals surface area (Å²) in [5.74, 6) is -1.75. The molecule has 0 radical (unpaired) electrons. The highest BCUT2D eigenvalue weighted by atomic mass is 32.2. The van der Waals surface area contributed by atoms with Crippen molar-refractivity contribution in [2.75, 3.05) is 31.5 Å². The van der Waals surface area contributed by atoms with Gasteiger partial charge in [-0.15, -0.1) is 0 Å². The van der Waals surface area contributed by atoms with Gasteiger partial charge in [-0.25, -0.2) is 8.70 Å². The summed E-state index contributed by atoms with van der Waals surface area (Å²) in [5.41, 5.74) is 0.529. The number of rotatable bonds is 12. The van der Waals surface area contributed by atoms with Crippen LogP contribution in [0.2, 0.25) is 0 Å². The van der Waals surface area contributed by atoms with Crippen LogP contribution in [0, 0.1) is 5.82 Å². The Hall–Kier alpha value is -2.98. The van der Waals surface area contributed by atoms with Crippen LogP contribution in [0.4, 0.5) is 10.1 Å². The smallest absolute Gasteiger partial charge is 0.304 e. The standard InChI is InChI=1S/C24H33FN4O4S/c1-5-6-16-26-24(31)19(2)28(17-20-12-8-7-9-13-20)23(30)18-29(34(32,33)27(3)4)22-15-11-10-14-21(22)25/h7-15,19H,5-6,16-18H2,1-4H3,(H,26,31). The highest BCUT2D eigenvalue weighted by Gasteiger charge is 2.33. The Labute approximate surface area is 201 Å². The summed E-state index contributed by atoms with van der Waals surface area (Å²) in [6, 6.07) is 13.6. The molecule has 1 N–H and O–H groups in total.